The smallest absolute Gasteiger partial charge is 0.224 e. The Balaban J connectivity index is 3.06. The third kappa shape index (κ3) is 2.40. The molecule has 2 N–H and O–H groups in total. The van der Waals surface area contributed by atoms with Gasteiger partial charge in [0.05, 0.1) is 16.0 Å². The zero-order valence-electron chi connectivity index (χ0n) is 7.76. The van der Waals surface area contributed by atoms with Gasteiger partial charge in [0.25, 0.3) is 0 Å². The number of hydrogen-bond acceptors (Lipinski definition) is 1. The molecule has 0 bridgehead atoms. The van der Waals surface area contributed by atoms with Gasteiger partial charge < -0.3 is 5.73 Å². The van der Waals surface area contributed by atoms with E-state index in [4.69, 9.17) is 28.9 Å². The number of halogens is 2. The lowest BCUT2D eigenvalue weighted by Gasteiger charge is -2.11. The molecule has 1 aromatic rings. The summed E-state index contributed by atoms with van der Waals surface area (Å²) in [5.41, 5.74) is 6.07. The van der Waals surface area contributed by atoms with E-state index in [1.54, 1.807) is 18.2 Å². The third-order valence-electron chi connectivity index (χ3n) is 2.10. The molecule has 0 aliphatic rings. The number of carbonyl (C=O) groups is 1. The van der Waals surface area contributed by atoms with E-state index in [0.717, 1.165) is 5.56 Å². The molecule has 0 spiro atoms. The summed E-state index contributed by atoms with van der Waals surface area (Å²) in [5.74, 6) is -0.629. The molecule has 76 valence electrons. The first-order valence-corrected chi connectivity index (χ1v) is 5.06. The fourth-order valence-corrected chi connectivity index (χ4v) is 1.64. The van der Waals surface area contributed by atoms with Crippen molar-refractivity contribution in [2.24, 2.45) is 5.73 Å². The second kappa shape index (κ2) is 4.67. The van der Waals surface area contributed by atoms with Gasteiger partial charge in [0.1, 0.15) is 0 Å². The third-order valence-corrected chi connectivity index (χ3v) is 2.84. The molecule has 2 nitrogen and oxygen atoms in total. The van der Waals surface area contributed by atoms with Crippen molar-refractivity contribution in [2.75, 3.05) is 0 Å². The van der Waals surface area contributed by atoms with Crippen LogP contribution in [0.5, 0.6) is 0 Å². The molecular weight excluding hydrogens is 221 g/mol. The highest BCUT2D eigenvalue weighted by molar-refractivity contribution is 6.42. The molecular formula is C10H11Cl2NO. The zero-order valence-corrected chi connectivity index (χ0v) is 9.27. The molecule has 0 saturated carbocycles. The molecule has 4 heteroatoms. The quantitative estimate of drug-likeness (QED) is 0.855. The Morgan fingerprint density at radius 2 is 2.07 bits per heavy atom. The van der Waals surface area contributed by atoms with Gasteiger partial charge in [-0.1, -0.05) is 36.2 Å². The number of rotatable bonds is 3. The molecule has 0 saturated heterocycles. The van der Waals surface area contributed by atoms with Crippen LogP contribution in [0.25, 0.3) is 0 Å². The molecule has 1 atom stereocenters. The number of carbonyl (C=O) groups excluding carboxylic acids is 1. The van der Waals surface area contributed by atoms with Crippen molar-refractivity contribution in [3.8, 4) is 0 Å². The van der Waals surface area contributed by atoms with Crippen LogP contribution in [0.1, 0.15) is 24.8 Å². The van der Waals surface area contributed by atoms with Crippen molar-refractivity contribution in [1.82, 2.24) is 0 Å². The van der Waals surface area contributed by atoms with Gasteiger partial charge in [-0.2, -0.15) is 0 Å². The minimum absolute atomic E-state index is 0.287. The summed E-state index contributed by atoms with van der Waals surface area (Å²) < 4.78 is 0. The van der Waals surface area contributed by atoms with Gasteiger partial charge >= 0.3 is 0 Å². The highest BCUT2D eigenvalue weighted by Gasteiger charge is 2.16. The summed E-state index contributed by atoms with van der Waals surface area (Å²) in [6, 6.07) is 5.13. The lowest BCUT2D eigenvalue weighted by atomic mass is 9.96. The van der Waals surface area contributed by atoms with Crippen LogP contribution in [0.2, 0.25) is 10.0 Å². The minimum atomic E-state index is -0.342. The van der Waals surface area contributed by atoms with Gasteiger partial charge in [-0.05, 0) is 24.1 Å². The normalized spacial score (nSPS) is 12.5. The predicted molar refractivity (Wildman–Crippen MR) is 58.7 cm³/mol. The van der Waals surface area contributed by atoms with Crippen LogP contribution in [0.4, 0.5) is 0 Å². The fourth-order valence-electron chi connectivity index (χ4n) is 1.33. The first-order valence-electron chi connectivity index (χ1n) is 4.30. The van der Waals surface area contributed by atoms with E-state index < -0.39 is 0 Å². The number of hydrogen-bond donors (Lipinski definition) is 1. The van der Waals surface area contributed by atoms with Crippen LogP contribution >= 0.6 is 23.2 Å². The molecule has 0 heterocycles. The standard InChI is InChI=1S/C10H11Cl2NO/c1-2-7(10(13)14)6-3-4-8(11)9(12)5-6/h3-5,7H,2H2,1H3,(H2,13,14). The number of primary amides is 1. The fraction of sp³-hybridized carbons (Fsp3) is 0.300. The molecule has 0 aliphatic heterocycles. The summed E-state index contributed by atoms with van der Waals surface area (Å²) in [7, 11) is 0. The van der Waals surface area contributed by atoms with Crippen LogP contribution in [-0.2, 0) is 4.79 Å². The Labute approximate surface area is 93.0 Å². The second-order valence-electron chi connectivity index (χ2n) is 3.04. The van der Waals surface area contributed by atoms with E-state index >= 15 is 0 Å². The van der Waals surface area contributed by atoms with Gasteiger partial charge in [0, 0.05) is 0 Å². The van der Waals surface area contributed by atoms with E-state index in [1.165, 1.54) is 0 Å². The molecule has 1 aromatic carbocycles. The average Bonchev–Trinajstić information content (AvgIpc) is 2.11. The number of benzene rings is 1. The van der Waals surface area contributed by atoms with Gasteiger partial charge in [-0.3, -0.25) is 4.79 Å². The summed E-state index contributed by atoms with van der Waals surface area (Å²) in [6.45, 7) is 1.90. The van der Waals surface area contributed by atoms with E-state index in [1.807, 2.05) is 6.92 Å². The Morgan fingerprint density at radius 3 is 2.50 bits per heavy atom. The highest BCUT2D eigenvalue weighted by Crippen LogP contribution is 2.27. The summed E-state index contributed by atoms with van der Waals surface area (Å²) in [4.78, 5) is 11.1. The lowest BCUT2D eigenvalue weighted by Crippen LogP contribution is -2.20. The van der Waals surface area contributed by atoms with Crippen molar-refractivity contribution in [2.45, 2.75) is 19.3 Å². The monoisotopic (exact) mass is 231 g/mol. The van der Waals surface area contributed by atoms with Crippen molar-refractivity contribution >= 4 is 29.1 Å². The molecule has 0 aromatic heterocycles. The van der Waals surface area contributed by atoms with Gasteiger partial charge in [0.2, 0.25) is 5.91 Å². The van der Waals surface area contributed by atoms with Crippen LogP contribution in [-0.4, -0.2) is 5.91 Å². The average molecular weight is 232 g/mol. The Kier molecular flexibility index (Phi) is 3.78. The lowest BCUT2D eigenvalue weighted by molar-refractivity contribution is -0.119. The Bertz CT molecular complexity index is 352. The summed E-state index contributed by atoms with van der Waals surface area (Å²) >= 11 is 11.6. The first kappa shape index (κ1) is 11.3. The zero-order chi connectivity index (χ0) is 10.7. The maximum absolute atomic E-state index is 11.1. The van der Waals surface area contributed by atoms with Crippen molar-refractivity contribution in [1.29, 1.82) is 0 Å². The Hall–Kier alpha value is -0.730. The molecule has 14 heavy (non-hydrogen) atoms. The maximum atomic E-state index is 11.1. The van der Waals surface area contributed by atoms with Crippen LogP contribution < -0.4 is 5.73 Å². The molecule has 1 amide bonds. The summed E-state index contributed by atoms with van der Waals surface area (Å²) in [5, 5.41) is 0.929. The SMILES string of the molecule is CCC(C(N)=O)c1ccc(Cl)c(Cl)c1. The van der Waals surface area contributed by atoms with E-state index in [0.29, 0.717) is 16.5 Å². The molecule has 1 rings (SSSR count). The van der Waals surface area contributed by atoms with Crippen molar-refractivity contribution in [3.63, 3.8) is 0 Å². The highest BCUT2D eigenvalue weighted by atomic mass is 35.5. The topological polar surface area (TPSA) is 43.1 Å². The molecule has 1 unspecified atom stereocenters. The predicted octanol–water partition coefficient (Wildman–Crippen LogP) is 2.97. The van der Waals surface area contributed by atoms with E-state index in [2.05, 4.69) is 0 Å². The van der Waals surface area contributed by atoms with Gasteiger partial charge in [-0.15, -0.1) is 0 Å². The Morgan fingerprint density at radius 1 is 1.43 bits per heavy atom. The largest absolute Gasteiger partial charge is 0.369 e. The molecule has 0 fully saturated rings. The van der Waals surface area contributed by atoms with E-state index in [9.17, 15) is 4.79 Å². The van der Waals surface area contributed by atoms with Crippen LogP contribution in [0, 0.1) is 0 Å². The van der Waals surface area contributed by atoms with Crippen molar-refractivity contribution < 1.29 is 4.79 Å². The van der Waals surface area contributed by atoms with Gasteiger partial charge in [0.15, 0.2) is 0 Å². The van der Waals surface area contributed by atoms with Gasteiger partial charge in [-0.25, -0.2) is 0 Å². The summed E-state index contributed by atoms with van der Waals surface area (Å²) in [6.07, 6.45) is 0.660. The molecule has 0 aliphatic carbocycles. The first-order chi connectivity index (χ1) is 6.56. The number of amides is 1. The minimum Gasteiger partial charge on any atom is -0.369 e. The van der Waals surface area contributed by atoms with E-state index in [-0.39, 0.29) is 11.8 Å². The van der Waals surface area contributed by atoms with Crippen LogP contribution in [0.3, 0.4) is 0 Å². The van der Waals surface area contributed by atoms with Crippen molar-refractivity contribution in [3.05, 3.63) is 33.8 Å². The second-order valence-corrected chi connectivity index (χ2v) is 3.85. The van der Waals surface area contributed by atoms with Crippen LogP contribution in [0.15, 0.2) is 18.2 Å². The molecule has 0 radical (unpaired) electrons. The maximum Gasteiger partial charge on any atom is 0.224 e. The number of nitrogens with two attached hydrogens (primary N) is 1.